The highest BCUT2D eigenvalue weighted by atomic mass is 19.1. The van der Waals surface area contributed by atoms with E-state index >= 15 is 0 Å². The van der Waals surface area contributed by atoms with Crippen molar-refractivity contribution in [1.82, 2.24) is 9.88 Å². The SMILES string of the molecule is CN1CCN(c2ccc(NC(=O)c3ccc4[nH]c5ccc(F)cc5c(=O)c4c3)cc2)CC1. The molecule has 4 aromatic rings. The number of aromatic amines is 1. The number of H-pyrrole nitrogens is 1. The van der Waals surface area contributed by atoms with Crippen LogP contribution in [0.2, 0.25) is 0 Å². The van der Waals surface area contributed by atoms with E-state index in [4.69, 9.17) is 0 Å². The van der Waals surface area contributed by atoms with Gasteiger partial charge in [-0.25, -0.2) is 4.39 Å². The fraction of sp³-hybridized carbons (Fsp3) is 0.200. The number of piperazine rings is 1. The Morgan fingerprint density at radius 1 is 0.906 bits per heavy atom. The van der Waals surface area contributed by atoms with Gasteiger partial charge in [-0.15, -0.1) is 0 Å². The normalized spacial score (nSPS) is 14.8. The molecular formula is C25H23FN4O2. The van der Waals surface area contributed by atoms with Crippen molar-refractivity contribution < 1.29 is 9.18 Å². The van der Waals surface area contributed by atoms with Crippen LogP contribution in [0.4, 0.5) is 15.8 Å². The van der Waals surface area contributed by atoms with Crippen LogP contribution >= 0.6 is 0 Å². The molecule has 1 aliphatic rings. The zero-order valence-corrected chi connectivity index (χ0v) is 17.7. The molecule has 0 atom stereocenters. The van der Waals surface area contributed by atoms with Crippen molar-refractivity contribution in [3.05, 3.63) is 82.3 Å². The summed E-state index contributed by atoms with van der Waals surface area (Å²) in [6.45, 7) is 4.02. The summed E-state index contributed by atoms with van der Waals surface area (Å²) in [5, 5.41) is 3.50. The lowest BCUT2D eigenvalue weighted by molar-refractivity contribution is 0.102. The number of hydrogen-bond donors (Lipinski definition) is 2. The van der Waals surface area contributed by atoms with Crippen LogP contribution in [0.15, 0.2) is 65.5 Å². The monoisotopic (exact) mass is 430 g/mol. The maximum Gasteiger partial charge on any atom is 0.255 e. The van der Waals surface area contributed by atoms with Gasteiger partial charge in [0.1, 0.15) is 5.82 Å². The first-order valence-corrected chi connectivity index (χ1v) is 10.6. The Kier molecular flexibility index (Phi) is 5.11. The van der Waals surface area contributed by atoms with Crippen LogP contribution in [0.3, 0.4) is 0 Å². The second-order valence-corrected chi connectivity index (χ2v) is 8.20. The van der Waals surface area contributed by atoms with Crippen molar-refractivity contribution in [3.63, 3.8) is 0 Å². The molecule has 0 aliphatic carbocycles. The predicted octanol–water partition coefficient (Wildman–Crippen LogP) is 3.82. The molecule has 5 rings (SSSR count). The molecule has 1 amide bonds. The highest BCUT2D eigenvalue weighted by Crippen LogP contribution is 2.21. The summed E-state index contributed by atoms with van der Waals surface area (Å²) in [6.07, 6.45) is 0. The van der Waals surface area contributed by atoms with Gasteiger partial charge in [0.15, 0.2) is 5.43 Å². The third kappa shape index (κ3) is 3.83. The highest BCUT2D eigenvalue weighted by Gasteiger charge is 2.15. The van der Waals surface area contributed by atoms with Gasteiger partial charge < -0.3 is 20.1 Å². The van der Waals surface area contributed by atoms with Crippen LogP contribution in [-0.4, -0.2) is 49.0 Å². The van der Waals surface area contributed by atoms with Crippen molar-refractivity contribution in [2.24, 2.45) is 0 Å². The van der Waals surface area contributed by atoms with Crippen LogP contribution in [0.5, 0.6) is 0 Å². The quantitative estimate of drug-likeness (QED) is 0.485. The fourth-order valence-electron chi connectivity index (χ4n) is 4.11. The Balaban J connectivity index is 1.38. The summed E-state index contributed by atoms with van der Waals surface area (Å²) in [7, 11) is 2.12. The Hall–Kier alpha value is -3.71. The van der Waals surface area contributed by atoms with Gasteiger partial charge in [0, 0.05) is 64.9 Å². The zero-order chi connectivity index (χ0) is 22.2. The molecule has 0 radical (unpaired) electrons. The summed E-state index contributed by atoms with van der Waals surface area (Å²) in [5.41, 5.74) is 3.03. The van der Waals surface area contributed by atoms with Crippen molar-refractivity contribution >= 4 is 39.1 Å². The average Bonchev–Trinajstić information content (AvgIpc) is 2.81. The number of nitrogens with one attached hydrogen (secondary N) is 2. The number of benzene rings is 3. The van der Waals surface area contributed by atoms with Gasteiger partial charge in [-0.05, 0) is 67.7 Å². The largest absolute Gasteiger partial charge is 0.369 e. The molecule has 0 unspecified atom stereocenters. The second kappa shape index (κ2) is 8.09. The molecular weight excluding hydrogens is 407 g/mol. The zero-order valence-electron chi connectivity index (χ0n) is 17.7. The predicted molar refractivity (Wildman–Crippen MR) is 126 cm³/mol. The van der Waals surface area contributed by atoms with Crippen LogP contribution in [-0.2, 0) is 0 Å². The molecule has 3 aromatic carbocycles. The standard InChI is InChI=1S/C25H23FN4O2/c1-29-10-12-30(13-11-29)19-6-4-18(5-7-19)27-25(32)16-2-8-22-20(14-16)24(31)21-15-17(26)3-9-23(21)28-22/h2-9,14-15H,10-13H2,1H3,(H,27,32)(H,28,31). The maximum atomic E-state index is 13.6. The van der Waals surface area contributed by atoms with E-state index in [9.17, 15) is 14.0 Å². The first-order chi connectivity index (χ1) is 15.5. The van der Waals surface area contributed by atoms with Crippen LogP contribution in [0, 0.1) is 5.82 Å². The van der Waals surface area contributed by atoms with E-state index in [2.05, 4.69) is 27.1 Å². The smallest absolute Gasteiger partial charge is 0.255 e. The Labute approximate surface area is 184 Å². The number of amides is 1. The van der Waals surface area contributed by atoms with Gasteiger partial charge in [-0.3, -0.25) is 9.59 Å². The summed E-state index contributed by atoms with van der Waals surface area (Å²) >= 11 is 0. The Morgan fingerprint density at radius 2 is 1.56 bits per heavy atom. The van der Waals surface area contributed by atoms with Crippen molar-refractivity contribution in [1.29, 1.82) is 0 Å². The molecule has 0 saturated carbocycles. The molecule has 162 valence electrons. The Bertz CT molecular complexity index is 1370. The maximum absolute atomic E-state index is 13.6. The number of halogens is 1. The molecule has 32 heavy (non-hydrogen) atoms. The molecule has 0 bridgehead atoms. The van der Waals surface area contributed by atoms with Gasteiger partial charge in [0.2, 0.25) is 0 Å². The number of pyridine rings is 1. The van der Waals surface area contributed by atoms with Gasteiger partial charge in [0.05, 0.1) is 0 Å². The molecule has 2 heterocycles. The molecule has 1 saturated heterocycles. The number of anilines is 2. The lowest BCUT2D eigenvalue weighted by atomic mass is 10.1. The lowest BCUT2D eigenvalue weighted by Crippen LogP contribution is -2.44. The summed E-state index contributed by atoms with van der Waals surface area (Å²) < 4.78 is 13.6. The third-order valence-electron chi connectivity index (χ3n) is 6.02. The number of rotatable bonds is 3. The van der Waals surface area contributed by atoms with Crippen molar-refractivity contribution in [2.75, 3.05) is 43.4 Å². The number of nitrogens with zero attached hydrogens (tertiary/aromatic N) is 2. The lowest BCUT2D eigenvalue weighted by Gasteiger charge is -2.34. The number of carbonyl (C=O) groups excluding carboxylic acids is 1. The second-order valence-electron chi connectivity index (χ2n) is 8.20. The minimum Gasteiger partial charge on any atom is -0.369 e. The summed E-state index contributed by atoms with van der Waals surface area (Å²) in [4.78, 5) is 33.4. The topological polar surface area (TPSA) is 68.4 Å². The van der Waals surface area contributed by atoms with Crippen molar-refractivity contribution in [2.45, 2.75) is 0 Å². The molecule has 0 spiro atoms. The minimum absolute atomic E-state index is 0.259. The highest BCUT2D eigenvalue weighted by molar-refractivity contribution is 6.07. The van der Waals surface area contributed by atoms with E-state index in [1.165, 1.54) is 18.2 Å². The van der Waals surface area contributed by atoms with E-state index in [-0.39, 0.29) is 16.7 Å². The first kappa shape index (κ1) is 20.2. The molecule has 2 N–H and O–H groups in total. The van der Waals surface area contributed by atoms with Gasteiger partial charge >= 0.3 is 0 Å². The molecule has 1 fully saturated rings. The van der Waals surface area contributed by atoms with Crippen molar-refractivity contribution in [3.8, 4) is 0 Å². The molecule has 1 aromatic heterocycles. The number of aromatic nitrogens is 1. The fourth-order valence-corrected chi connectivity index (χ4v) is 4.11. The number of carbonyl (C=O) groups is 1. The average molecular weight is 430 g/mol. The van der Waals surface area contributed by atoms with Crippen LogP contribution in [0.1, 0.15) is 10.4 Å². The van der Waals surface area contributed by atoms with E-state index in [1.54, 1.807) is 18.2 Å². The first-order valence-electron chi connectivity index (χ1n) is 10.6. The number of likely N-dealkylation sites (N-methyl/N-ethyl adjacent to an activating group) is 1. The van der Waals surface area contributed by atoms with Gasteiger partial charge in [0.25, 0.3) is 5.91 Å². The van der Waals surface area contributed by atoms with Gasteiger partial charge in [-0.1, -0.05) is 0 Å². The number of hydrogen-bond acceptors (Lipinski definition) is 4. The van der Waals surface area contributed by atoms with E-state index in [0.717, 1.165) is 31.9 Å². The van der Waals surface area contributed by atoms with Crippen LogP contribution < -0.4 is 15.6 Å². The minimum atomic E-state index is -0.476. The molecule has 7 heteroatoms. The Morgan fingerprint density at radius 3 is 2.28 bits per heavy atom. The van der Waals surface area contributed by atoms with Gasteiger partial charge in [-0.2, -0.15) is 0 Å². The van der Waals surface area contributed by atoms with Crippen LogP contribution in [0.25, 0.3) is 21.8 Å². The van der Waals surface area contributed by atoms with E-state index in [0.29, 0.717) is 27.7 Å². The van der Waals surface area contributed by atoms with E-state index in [1.807, 2.05) is 24.3 Å². The summed E-state index contributed by atoms with van der Waals surface area (Å²) in [6, 6.07) is 16.8. The third-order valence-corrected chi connectivity index (χ3v) is 6.02. The summed E-state index contributed by atoms with van der Waals surface area (Å²) in [5.74, 6) is -0.783. The molecule has 6 nitrogen and oxygen atoms in total. The number of fused-ring (bicyclic) bond motifs is 2. The molecule has 1 aliphatic heterocycles. The van der Waals surface area contributed by atoms with E-state index < -0.39 is 5.82 Å².